The Labute approximate surface area is 152 Å². The van der Waals surface area contributed by atoms with Gasteiger partial charge in [-0.2, -0.15) is 0 Å². The first-order chi connectivity index (χ1) is 12.0. The van der Waals surface area contributed by atoms with Crippen LogP contribution in [0.15, 0.2) is 53.9 Å². The Morgan fingerprint density at radius 3 is 2.28 bits per heavy atom. The molecule has 1 heterocycles. The number of benzene rings is 2. The van der Waals surface area contributed by atoms with Crippen LogP contribution in [-0.2, 0) is 11.3 Å². The van der Waals surface area contributed by atoms with E-state index in [1.54, 1.807) is 11.3 Å². The smallest absolute Gasteiger partial charge is 0.217 e. The maximum atomic E-state index is 11.0. The summed E-state index contributed by atoms with van der Waals surface area (Å²) in [6, 6.07) is 16.8. The third-order valence-corrected chi connectivity index (χ3v) is 5.01. The number of carbonyl (C=O) groups is 1. The summed E-state index contributed by atoms with van der Waals surface area (Å²) in [6.07, 6.45) is 0. The topological polar surface area (TPSA) is 42.0 Å². The highest BCUT2D eigenvalue weighted by Gasteiger charge is 2.08. The second kappa shape index (κ2) is 7.62. The Bertz CT molecular complexity index is 848. The number of hydrogen-bond acceptors (Lipinski definition) is 3. The molecule has 1 N–H and O–H groups in total. The molecule has 0 fully saturated rings. The lowest BCUT2D eigenvalue weighted by Gasteiger charge is -2.05. The Kier molecular flexibility index (Phi) is 5.29. The maximum absolute atomic E-state index is 11.0. The third-order valence-electron chi connectivity index (χ3n) is 4.12. The molecule has 25 heavy (non-hydrogen) atoms. The van der Waals surface area contributed by atoms with Crippen molar-refractivity contribution in [2.24, 2.45) is 0 Å². The zero-order valence-electron chi connectivity index (χ0n) is 14.7. The number of amides is 1. The van der Waals surface area contributed by atoms with Gasteiger partial charge in [0.25, 0.3) is 0 Å². The predicted molar refractivity (Wildman–Crippen MR) is 105 cm³/mol. The molecule has 0 radical (unpaired) electrons. The van der Waals surface area contributed by atoms with Gasteiger partial charge in [-0.3, -0.25) is 4.79 Å². The van der Waals surface area contributed by atoms with E-state index < -0.39 is 0 Å². The molecule has 0 bridgehead atoms. The van der Waals surface area contributed by atoms with Crippen molar-refractivity contribution in [3.63, 3.8) is 0 Å². The van der Waals surface area contributed by atoms with Gasteiger partial charge in [0.15, 0.2) is 0 Å². The molecule has 0 aliphatic rings. The molecule has 3 rings (SSSR count). The van der Waals surface area contributed by atoms with E-state index in [-0.39, 0.29) is 5.91 Å². The van der Waals surface area contributed by atoms with Crippen molar-refractivity contribution in [3.05, 3.63) is 65.0 Å². The first-order valence-corrected chi connectivity index (χ1v) is 9.30. The van der Waals surface area contributed by atoms with Crippen LogP contribution >= 0.6 is 11.3 Å². The highest BCUT2D eigenvalue weighted by molar-refractivity contribution is 7.13. The molecule has 0 unspecified atom stereocenters. The lowest BCUT2D eigenvalue weighted by atomic mass is 10.0. The molecule has 0 aliphatic carbocycles. The van der Waals surface area contributed by atoms with E-state index in [1.165, 1.54) is 12.5 Å². The van der Waals surface area contributed by atoms with E-state index in [0.29, 0.717) is 12.5 Å². The van der Waals surface area contributed by atoms with Gasteiger partial charge in [-0.25, -0.2) is 4.98 Å². The molecule has 3 nitrogen and oxygen atoms in total. The number of carbonyl (C=O) groups excluding carboxylic acids is 1. The molecule has 4 heteroatoms. The summed E-state index contributed by atoms with van der Waals surface area (Å²) in [5.74, 6) is 0.522. The lowest BCUT2D eigenvalue weighted by molar-refractivity contribution is -0.119. The van der Waals surface area contributed by atoms with Crippen molar-refractivity contribution < 1.29 is 4.79 Å². The zero-order chi connectivity index (χ0) is 17.8. The van der Waals surface area contributed by atoms with Crippen molar-refractivity contribution in [2.45, 2.75) is 33.2 Å². The number of rotatable bonds is 5. The van der Waals surface area contributed by atoms with E-state index in [2.05, 4.69) is 60.9 Å². The summed E-state index contributed by atoms with van der Waals surface area (Å²) >= 11 is 1.66. The van der Waals surface area contributed by atoms with Crippen LogP contribution in [0.4, 0.5) is 0 Å². The fourth-order valence-electron chi connectivity index (χ4n) is 2.57. The first-order valence-electron chi connectivity index (χ1n) is 8.42. The number of thiazole rings is 1. The SMILES string of the molecule is CC(=O)NCc1ccc(-c2csc(-c3ccc(C(C)C)cc3)n2)cc1. The number of nitrogens with zero attached hydrogens (tertiary/aromatic N) is 1. The summed E-state index contributed by atoms with van der Waals surface area (Å²) < 4.78 is 0. The normalized spacial score (nSPS) is 10.9. The monoisotopic (exact) mass is 350 g/mol. The minimum Gasteiger partial charge on any atom is -0.352 e. The summed E-state index contributed by atoms with van der Waals surface area (Å²) in [5, 5.41) is 5.93. The molecular weight excluding hydrogens is 328 g/mol. The van der Waals surface area contributed by atoms with Crippen LogP contribution < -0.4 is 5.32 Å². The highest BCUT2D eigenvalue weighted by Crippen LogP contribution is 2.30. The number of hydrogen-bond donors (Lipinski definition) is 1. The van der Waals surface area contributed by atoms with Gasteiger partial charge in [-0.15, -0.1) is 11.3 Å². The number of aromatic nitrogens is 1. The van der Waals surface area contributed by atoms with E-state index in [4.69, 9.17) is 4.98 Å². The highest BCUT2D eigenvalue weighted by atomic mass is 32.1. The summed E-state index contributed by atoms with van der Waals surface area (Å²) in [5.41, 5.74) is 5.66. The summed E-state index contributed by atoms with van der Waals surface area (Å²) in [7, 11) is 0. The molecule has 1 amide bonds. The van der Waals surface area contributed by atoms with E-state index in [9.17, 15) is 4.79 Å². The van der Waals surface area contributed by atoms with Crippen molar-refractivity contribution in [1.29, 1.82) is 0 Å². The van der Waals surface area contributed by atoms with Crippen LogP contribution in [0, 0.1) is 0 Å². The average Bonchev–Trinajstić information content (AvgIpc) is 3.10. The van der Waals surface area contributed by atoms with Crippen LogP contribution in [0.3, 0.4) is 0 Å². The Morgan fingerprint density at radius 1 is 1.04 bits per heavy atom. The largest absolute Gasteiger partial charge is 0.352 e. The Morgan fingerprint density at radius 2 is 1.68 bits per heavy atom. The fraction of sp³-hybridized carbons (Fsp3) is 0.238. The Balaban J connectivity index is 1.75. The molecule has 0 aliphatic heterocycles. The molecule has 0 saturated heterocycles. The van der Waals surface area contributed by atoms with Crippen LogP contribution in [0.2, 0.25) is 0 Å². The van der Waals surface area contributed by atoms with Gasteiger partial charge in [-0.1, -0.05) is 62.4 Å². The molecule has 128 valence electrons. The molecular formula is C21H22N2OS. The quantitative estimate of drug-likeness (QED) is 0.684. The van der Waals surface area contributed by atoms with E-state index in [1.807, 2.05) is 12.1 Å². The first kappa shape index (κ1) is 17.4. The van der Waals surface area contributed by atoms with Crippen LogP contribution in [0.5, 0.6) is 0 Å². The molecule has 0 atom stereocenters. The predicted octanol–water partition coefficient (Wildman–Crippen LogP) is 5.24. The third kappa shape index (κ3) is 4.34. The van der Waals surface area contributed by atoms with Gasteiger partial charge < -0.3 is 5.32 Å². The minimum absolute atomic E-state index is 0.0169. The van der Waals surface area contributed by atoms with Gasteiger partial charge in [0, 0.05) is 30.0 Å². The number of nitrogens with one attached hydrogen (secondary N) is 1. The molecule has 3 aromatic rings. The van der Waals surface area contributed by atoms with Crippen molar-refractivity contribution in [2.75, 3.05) is 0 Å². The van der Waals surface area contributed by atoms with E-state index >= 15 is 0 Å². The van der Waals surface area contributed by atoms with Gasteiger partial charge in [-0.05, 0) is 17.0 Å². The van der Waals surface area contributed by atoms with Crippen molar-refractivity contribution in [1.82, 2.24) is 10.3 Å². The fourth-order valence-corrected chi connectivity index (χ4v) is 3.40. The van der Waals surface area contributed by atoms with Crippen LogP contribution in [0.25, 0.3) is 21.8 Å². The zero-order valence-corrected chi connectivity index (χ0v) is 15.6. The second-order valence-corrected chi connectivity index (χ2v) is 7.28. The summed E-state index contributed by atoms with van der Waals surface area (Å²) in [6.45, 7) is 6.48. The standard InChI is InChI=1S/C21H22N2OS/c1-14(2)17-8-10-19(11-9-17)21-23-20(13-25-21)18-6-4-16(5-7-18)12-22-15(3)24/h4-11,13-14H,12H2,1-3H3,(H,22,24). The maximum Gasteiger partial charge on any atom is 0.217 e. The van der Waals surface area contributed by atoms with E-state index in [0.717, 1.165) is 27.4 Å². The molecule has 1 aromatic heterocycles. The summed E-state index contributed by atoms with van der Waals surface area (Å²) in [4.78, 5) is 15.8. The Hall–Kier alpha value is -2.46. The van der Waals surface area contributed by atoms with Crippen LogP contribution in [0.1, 0.15) is 37.8 Å². The molecule has 0 spiro atoms. The minimum atomic E-state index is -0.0169. The van der Waals surface area contributed by atoms with Crippen molar-refractivity contribution in [3.8, 4) is 21.8 Å². The average molecular weight is 350 g/mol. The van der Waals surface area contributed by atoms with Gasteiger partial charge in [0.05, 0.1) is 5.69 Å². The molecule has 0 saturated carbocycles. The van der Waals surface area contributed by atoms with Gasteiger partial charge in [0.2, 0.25) is 5.91 Å². The second-order valence-electron chi connectivity index (χ2n) is 6.42. The molecule has 2 aromatic carbocycles. The van der Waals surface area contributed by atoms with Crippen LogP contribution in [-0.4, -0.2) is 10.9 Å². The van der Waals surface area contributed by atoms with Gasteiger partial charge >= 0.3 is 0 Å². The van der Waals surface area contributed by atoms with Gasteiger partial charge in [0.1, 0.15) is 5.01 Å². The van der Waals surface area contributed by atoms with Crippen molar-refractivity contribution >= 4 is 17.2 Å². The lowest BCUT2D eigenvalue weighted by Crippen LogP contribution is -2.18.